The van der Waals surface area contributed by atoms with Crippen molar-refractivity contribution in [2.45, 2.75) is 19.9 Å². The smallest absolute Gasteiger partial charge is 0.0230 e. The van der Waals surface area contributed by atoms with E-state index in [0.29, 0.717) is 0 Å². The van der Waals surface area contributed by atoms with Crippen LogP contribution in [0, 0.1) is 11.8 Å². The molecule has 0 aliphatic carbocycles. The van der Waals surface area contributed by atoms with E-state index in [4.69, 9.17) is 0 Å². The molecule has 0 spiro atoms. The van der Waals surface area contributed by atoms with Crippen LogP contribution in [0.1, 0.15) is 18.9 Å². The van der Waals surface area contributed by atoms with Crippen LogP contribution in [0.15, 0.2) is 30.3 Å². The van der Waals surface area contributed by atoms with Crippen molar-refractivity contribution in [1.82, 2.24) is 10.2 Å². The topological polar surface area (TPSA) is 15.3 Å². The summed E-state index contributed by atoms with van der Waals surface area (Å²) in [5.74, 6) is 1.64. The molecule has 2 rings (SSSR count). The Bertz CT molecular complexity index is 323. The monoisotopic (exact) mass is 232 g/mol. The lowest BCUT2D eigenvalue weighted by Crippen LogP contribution is -2.40. The first-order chi connectivity index (χ1) is 8.24. The molecule has 1 N–H and O–H groups in total. The van der Waals surface area contributed by atoms with Gasteiger partial charge in [0, 0.05) is 13.1 Å². The number of hydrogen-bond acceptors (Lipinski definition) is 2. The van der Waals surface area contributed by atoms with E-state index in [1.54, 1.807) is 0 Å². The zero-order chi connectivity index (χ0) is 12.1. The Morgan fingerprint density at radius 1 is 1.24 bits per heavy atom. The summed E-state index contributed by atoms with van der Waals surface area (Å²) in [6.45, 7) is 6.98. The summed E-state index contributed by atoms with van der Waals surface area (Å²) in [6, 6.07) is 10.7. The third kappa shape index (κ3) is 4.14. The third-order valence-electron chi connectivity index (χ3n) is 3.53. The van der Waals surface area contributed by atoms with Gasteiger partial charge in [0.25, 0.3) is 0 Å². The van der Waals surface area contributed by atoms with E-state index in [9.17, 15) is 0 Å². The van der Waals surface area contributed by atoms with Crippen molar-refractivity contribution < 1.29 is 0 Å². The maximum Gasteiger partial charge on any atom is 0.0230 e. The molecule has 0 aromatic heterocycles. The molecule has 1 heterocycles. The zero-order valence-corrected chi connectivity index (χ0v) is 11.0. The molecule has 2 heteroatoms. The largest absolute Gasteiger partial charge is 0.316 e. The SMILES string of the molecule is CC1CNCC(CN(C)Cc2ccccc2)C1. The fraction of sp³-hybridized carbons (Fsp3) is 0.600. The van der Waals surface area contributed by atoms with Crippen molar-refractivity contribution in [2.24, 2.45) is 11.8 Å². The maximum absolute atomic E-state index is 3.53. The number of rotatable bonds is 4. The predicted molar refractivity (Wildman–Crippen MR) is 72.9 cm³/mol. The van der Waals surface area contributed by atoms with E-state index in [1.165, 1.54) is 31.6 Å². The van der Waals surface area contributed by atoms with Crippen molar-refractivity contribution >= 4 is 0 Å². The third-order valence-corrected chi connectivity index (χ3v) is 3.53. The van der Waals surface area contributed by atoms with Crippen LogP contribution in [0.5, 0.6) is 0 Å². The molecule has 2 atom stereocenters. The summed E-state index contributed by atoms with van der Waals surface area (Å²) in [5, 5.41) is 3.53. The minimum atomic E-state index is 0.812. The van der Waals surface area contributed by atoms with Gasteiger partial charge in [0.1, 0.15) is 0 Å². The van der Waals surface area contributed by atoms with Crippen molar-refractivity contribution in [2.75, 3.05) is 26.7 Å². The average molecular weight is 232 g/mol. The van der Waals surface area contributed by atoms with Crippen molar-refractivity contribution in [3.05, 3.63) is 35.9 Å². The van der Waals surface area contributed by atoms with E-state index in [-0.39, 0.29) is 0 Å². The first-order valence-corrected chi connectivity index (χ1v) is 6.67. The Hall–Kier alpha value is -0.860. The second kappa shape index (κ2) is 6.18. The summed E-state index contributed by atoms with van der Waals surface area (Å²) in [6.07, 6.45) is 1.37. The van der Waals surface area contributed by atoms with Crippen LogP contribution in [0.25, 0.3) is 0 Å². The Balaban J connectivity index is 1.79. The Morgan fingerprint density at radius 3 is 2.71 bits per heavy atom. The van der Waals surface area contributed by atoms with Crippen molar-refractivity contribution in [3.63, 3.8) is 0 Å². The fourth-order valence-electron chi connectivity index (χ4n) is 2.81. The quantitative estimate of drug-likeness (QED) is 0.857. The standard InChI is InChI=1S/C15H24N2/c1-13-8-15(10-16-9-13)12-17(2)11-14-6-4-3-5-7-14/h3-7,13,15-16H,8-12H2,1-2H3. The fourth-order valence-corrected chi connectivity index (χ4v) is 2.81. The Morgan fingerprint density at radius 2 is 2.00 bits per heavy atom. The molecule has 1 saturated heterocycles. The number of hydrogen-bond donors (Lipinski definition) is 1. The van der Waals surface area contributed by atoms with Gasteiger partial charge in [-0.25, -0.2) is 0 Å². The lowest BCUT2D eigenvalue weighted by molar-refractivity contribution is 0.211. The molecule has 0 radical (unpaired) electrons. The molecule has 2 unspecified atom stereocenters. The highest BCUT2D eigenvalue weighted by atomic mass is 15.1. The second-order valence-corrected chi connectivity index (χ2v) is 5.55. The molecule has 1 aromatic rings. The summed E-state index contributed by atoms with van der Waals surface area (Å²) in [5.41, 5.74) is 1.41. The average Bonchev–Trinajstić information content (AvgIpc) is 2.30. The molecule has 0 bridgehead atoms. The van der Waals surface area contributed by atoms with Gasteiger partial charge in [-0.15, -0.1) is 0 Å². The Kier molecular flexibility index (Phi) is 4.57. The highest BCUT2D eigenvalue weighted by molar-refractivity contribution is 5.14. The van der Waals surface area contributed by atoms with Gasteiger partial charge in [0.15, 0.2) is 0 Å². The number of piperidine rings is 1. The first kappa shape index (κ1) is 12.6. The maximum atomic E-state index is 3.53. The van der Waals surface area contributed by atoms with E-state index in [1.807, 2.05) is 0 Å². The molecule has 1 aromatic carbocycles. The van der Waals surface area contributed by atoms with Crippen LogP contribution in [-0.2, 0) is 6.54 Å². The molecule has 17 heavy (non-hydrogen) atoms. The zero-order valence-electron chi connectivity index (χ0n) is 11.0. The van der Waals surface area contributed by atoms with Crippen LogP contribution < -0.4 is 5.32 Å². The molecule has 2 nitrogen and oxygen atoms in total. The van der Waals surface area contributed by atoms with Crippen molar-refractivity contribution in [1.29, 1.82) is 0 Å². The van der Waals surface area contributed by atoms with Crippen LogP contribution in [-0.4, -0.2) is 31.6 Å². The predicted octanol–water partition coefficient (Wildman–Crippen LogP) is 2.36. The summed E-state index contributed by atoms with van der Waals surface area (Å²) in [4.78, 5) is 2.44. The molecule has 1 aliphatic rings. The normalized spacial score (nSPS) is 25.1. The molecule has 0 saturated carbocycles. The first-order valence-electron chi connectivity index (χ1n) is 6.67. The van der Waals surface area contributed by atoms with E-state index >= 15 is 0 Å². The van der Waals surface area contributed by atoms with Gasteiger partial charge >= 0.3 is 0 Å². The van der Waals surface area contributed by atoms with Gasteiger partial charge in [-0.3, -0.25) is 0 Å². The van der Waals surface area contributed by atoms with Crippen LogP contribution in [0.2, 0.25) is 0 Å². The molecular weight excluding hydrogens is 208 g/mol. The number of nitrogens with one attached hydrogen (secondary N) is 1. The van der Waals surface area contributed by atoms with E-state index < -0.39 is 0 Å². The minimum Gasteiger partial charge on any atom is -0.316 e. The molecular formula is C15H24N2. The van der Waals surface area contributed by atoms with Crippen LogP contribution >= 0.6 is 0 Å². The number of benzene rings is 1. The van der Waals surface area contributed by atoms with Gasteiger partial charge in [-0.1, -0.05) is 37.3 Å². The minimum absolute atomic E-state index is 0.812. The summed E-state index contributed by atoms with van der Waals surface area (Å²) < 4.78 is 0. The van der Waals surface area contributed by atoms with Gasteiger partial charge in [-0.2, -0.15) is 0 Å². The van der Waals surface area contributed by atoms with E-state index in [0.717, 1.165) is 18.4 Å². The van der Waals surface area contributed by atoms with Gasteiger partial charge in [0.2, 0.25) is 0 Å². The number of nitrogens with zero attached hydrogens (tertiary/aromatic N) is 1. The van der Waals surface area contributed by atoms with Gasteiger partial charge in [-0.05, 0) is 44.0 Å². The van der Waals surface area contributed by atoms with Gasteiger partial charge in [0.05, 0.1) is 0 Å². The van der Waals surface area contributed by atoms with Crippen LogP contribution in [0.4, 0.5) is 0 Å². The molecule has 94 valence electrons. The van der Waals surface area contributed by atoms with Crippen molar-refractivity contribution in [3.8, 4) is 0 Å². The Labute approximate surface area is 105 Å². The summed E-state index contributed by atoms with van der Waals surface area (Å²) in [7, 11) is 2.23. The lowest BCUT2D eigenvalue weighted by atomic mass is 9.91. The highest BCUT2D eigenvalue weighted by Gasteiger charge is 2.19. The molecule has 1 fully saturated rings. The molecule has 1 aliphatic heterocycles. The second-order valence-electron chi connectivity index (χ2n) is 5.55. The lowest BCUT2D eigenvalue weighted by Gasteiger charge is -2.31. The van der Waals surface area contributed by atoms with Gasteiger partial charge < -0.3 is 10.2 Å². The highest BCUT2D eigenvalue weighted by Crippen LogP contribution is 2.17. The summed E-state index contributed by atoms with van der Waals surface area (Å²) >= 11 is 0. The molecule has 0 amide bonds. The van der Waals surface area contributed by atoms with Crippen LogP contribution in [0.3, 0.4) is 0 Å². The van der Waals surface area contributed by atoms with E-state index in [2.05, 4.69) is 54.5 Å².